The van der Waals surface area contributed by atoms with Gasteiger partial charge in [-0.3, -0.25) is 19.7 Å². The van der Waals surface area contributed by atoms with Gasteiger partial charge in [0.1, 0.15) is 5.75 Å². The Balaban J connectivity index is 1.13. The zero-order valence-corrected chi connectivity index (χ0v) is 23.6. The number of fused-ring (bicyclic) bond motifs is 1. The van der Waals surface area contributed by atoms with Crippen LogP contribution in [0.2, 0.25) is 0 Å². The molecule has 3 aromatic heterocycles. The highest BCUT2D eigenvalue weighted by molar-refractivity contribution is 7.22. The van der Waals surface area contributed by atoms with Crippen molar-refractivity contribution in [1.82, 2.24) is 25.5 Å². The van der Waals surface area contributed by atoms with Crippen LogP contribution in [0.5, 0.6) is 11.5 Å². The van der Waals surface area contributed by atoms with Gasteiger partial charge in [-0.2, -0.15) is 0 Å². The van der Waals surface area contributed by atoms with Crippen molar-refractivity contribution in [2.45, 2.75) is 44.3 Å². The van der Waals surface area contributed by atoms with E-state index in [0.717, 1.165) is 53.1 Å². The first-order valence-electron chi connectivity index (χ1n) is 14.0. The fourth-order valence-electron chi connectivity index (χ4n) is 4.99. The molecule has 2 aliphatic rings. The maximum absolute atomic E-state index is 14.9. The van der Waals surface area contributed by atoms with Gasteiger partial charge in [0.05, 0.1) is 33.4 Å². The maximum atomic E-state index is 14.9. The number of benzene rings is 1. The molecule has 1 aliphatic carbocycles. The Bertz CT molecular complexity index is 1590. The molecule has 4 aromatic rings. The molecule has 1 aromatic carbocycles. The lowest BCUT2D eigenvalue weighted by atomic mass is 10.2. The molecule has 3 amide bonds. The van der Waals surface area contributed by atoms with E-state index in [2.05, 4.69) is 30.8 Å². The Morgan fingerprint density at radius 1 is 1.10 bits per heavy atom. The maximum Gasteiger partial charge on any atom is 0.319 e. The number of aliphatic hydroxyl groups is 1. The second-order valence-corrected chi connectivity index (χ2v) is 11.5. The number of nitrogens with zero attached hydrogens (tertiary/aromatic N) is 3. The van der Waals surface area contributed by atoms with Crippen molar-refractivity contribution < 1.29 is 23.8 Å². The summed E-state index contributed by atoms with van der Waals surface area (Å²) in [4.78, 5) is 36.6. The number of halogens is 1. The van der Waals surface area contributed by atoms with Gasteiger partial charge in [-0.25, -0.2) is 9.18 Å². The fourth-order valence-corrected chi connectivity index (χ4v) is 6.03. The number of nitrogens with one attached hydrogen (secondary N) is 3. The van der Waals surface area contributed by atoms with Crippen LogP contribution in [0.25, 0.3) is 20.8 Å². The number of thiophene rings is 1. The van der Waals surface area contributed by atoms with Gasteiger partial charge in [-0.05, 0) is 62.1 Å². The predicted molar refractivity (Wildman–Crippen MR) is 158 cm³/mol. The Labute approximate surface area is 245 Å². The van der Waals surface area contributed by atoms with Gasteiger partial charge in [0.2, 0.25) is 5.91 Å². The number of carbonyl (C=O) groups is 2. The van der Waals surface area contributed by atoms with Gasteiger partial charge >= 0.3 is 6.03 Å². The van der Waals surface area contributed by atoms with E-state index in [0.29, 0.717) is 23.5 Å². The van der Waals surface area contributed by atoms with Crippen LogP contribution in [0.3, 0.4) is 0 Å². The van der Waals surface area contributed by atoms with E-state index < -0.39 is 5.82 Å². The highest BCUT2D eigenvalue weighted by Crippen LogP contribution is 2.39. The number of hydrogen-bond acceptors (Lipinski definition) is 8. The van der Waals surface area contributed by atoms with Crippen LogP contribution in [-0.4, -0.2) is 63.7 Å². The average Bonchev–Trinajstić information content (AvgIpc) is 3.48. The highest BCUT2D eigenvalue weighted by atomic mass is 32.1. The van der Waals surface area contributed by atoms with Gasteiger partial charge in [-0.1, -0.05) is 6.07 Å². The van der Waals surface area contributed by atoms with Crippen molar-refractivity contribution in [2.75, 3.05) is 25.0 Å². The van der Waals surface area contributed by atoms with Gasteiger partial charge < -0.3 is 25.8 Å². The van der Waals surface area contributed by atoms with Crippen molar-refractivity contribution in [3.8, 4) is 22.1 Å². The van der Waals surface area contributed by atoms with Crippen LogP contribution in [0, 0.1) is 5.82 Å². The summed E-state index contributed by atoms with van der Waals surface area (Å²) in [6.45, 7) is 1.63. The summed E-state index contributed by atoms with van der Waals surface area (Å²) in [6, 6.07) is 11.5. The molecule has 1 atom stereocenters. The second-order valence-electron chi connectivity index (χ2n) is 10.4. The number of hydrogen-bond donors (Lipinski definition) is 4. The summed E-state index contributed by atoms with van der Waals surface area (Å²) in [5.74, 6) is -0.133. The van der Waals surface area contributed by atoms with Crippen molar-refractivity contribution in [1.29, 1.82) is 0 Å². The second kappa shape index (κ2) is 12.4. The van der Waals surface area contributed by atoms with E-state index in [1.54, 1.807) is 18.3 Å². The lowest BCUT2D eigenvalue weighted by Gasteiger charge is -2.23. The van der Waals surface area contributed by atoms with Crippen LogP contribution in [0.4, 0.5) is 14.9 Å². The van der Waals surface area contributed by atoms with Crippen molar-refractivity contribution in [2.24, 2.45) is 0 Å². The van der Waals surface area contributed by atoms with E-state index in [4.69, 9.17) is 9.84 Å². The van der Waals surface area contributed by atoms with Gasteiger partial charge in [-0.15, -0.1) is 11.3 Å². The van der Waals surface area contributed by atoms with E-state index in [-0.39, 0.29) is 42.9 Å². The number of aliphatic hydroxyl groups excluding tert-OH is 1. The van der Waals surface area contributed by atoms with Crippen LogP contribution in [0.15, 0.2) is 54.9 Å². The van der Waals surface area contributed by atoms with Gasteiger partial charge in [0, 0.05) is 49.3 Å². The Kier molecular flexibility index (Phi) is 8.27. The molecule has 4 heterocycles. The molecule has 42 heavy (non-hydrogen) atoms. The molecule has 10 nitrogen and oxygen atoms in total. The minimum Gasteiger partial charge on any atom is -0.453 e. The molecule has 0 bridgehead atoms. The molecule has 0 radical (unpaired) electrons. The third kappa shape index (κ3) is 6.51. The Hall–Kier alpha value is -4.13. The molecule has 1 aliphatic heterocycles. The zero-order valence-electron chi connectivity index (χ0n) is 22.8. The quantitative estimate of drug-likeness (QED) is 0.212. The monoisotopic (exact) mass is 590 g/mol. The standard InChI is InChI=1S/C30H31FN6O4S/c31-21-14-20(36-30(40)35-19-4-5-19)6-8-25(21)41-26-9-10-32-23-15-27(42-28(23)26)22-7-3-18(16-34-22)17-37-12-1-2-24(37)29(39)33-11-13-38/h3,6-10,14-16,19,24,38H,1-2,4-5,11-13,17H2,(H,33,39)(H2,35,36,40)/t24-/m0/s1. The smallest absolute Gasteiger partial charge is 0.319 e. The van der Waals surface area contributed by atoms with Crippen molar-refractivity contribution >= 4 is 39.2 Å². The number of rotatable bonds is 10. The molecular weight excluding hydrogens is 559 g/mol. The van der Waals surface area contributed by atoms with E-state index in [9.17, 15) is 14.0 Å². The molecule has 1 saturated carbocycles. The number of pyridine rings is 2. The number of anilines is 1. The first kappa shape index (κ1) is 28.0. The highest BCUT2D eigenvalue weighted by Gasteiger charge is 2.30. The first-order chi connectivity index (χ1) is 20.5. The number of urea groups is 1. The van der Waals surface area contributed by atoms with Crippen molar-refractivity contribution in [3.63, 3.8) is 0 Å². The molecule has 4 N–H and O–H groups in total. The number of ether oxygens (including phenoxy) is 1. The Morgan fingerprint density at radius 2 is 1.98 bits per heavy atom. The van der Waals surface area contributed by atoms with Crippen LogP contribution in [0.1, 0.15) is 31.2 Å². The zero-order chi connectivity index (χ0) is 29.1. The Morgan fingerprint density at radius 3 is 2.74 bits per heavy atom. The minimum atomic E-state index is -0.593. The molecule has 0 spiro atoms. The molecular formula is C30H31FN6O4S. The van der Waals surface area contributed by atoms with Gasteiger partial charge in [0.25, 0.3) is 0 Å². The van der Waals surface area contributed by atoms with Gasteiger partial charge in [0.15, 0.2) is 11.6 Å². The number of likely N-dealkylation sites (tertiary alicyclic amines) is 1. The molecule has 218 valence electrons. The molecule has 1 saturated heterocycles. The number of carbonyl (C=O) groups excluding carboxylic acids is 2. The lowest BCUT2D eigenvalue weighted by molar-refractivity contribution is -0.125. The summed E-state index contributed by atoms with van der Waals surface area (Å²) in [6.07, 6.45) is 7.11. The number of aromatic nitrogens is 2. The normalized spacial score (nSPS) is 16.9. The van der Waals surface area contributed by atoms with E-state index in [1.807, 2.05) is 24.4 Å². The topological polar surface area (TPSA) is 129 Å². The molecule has 0 unspecified atom stereocenters. The summed E-state index contributed by atoms with van der Waals surface area (Å²) in [7, 11) is 0. The van der Waals surface area contributed by atoms with E-state index in [1.165, 1.54) is 23.5 Å². The van der Waals surface area contributed by atoms with E-state index >= 15 is 0 Å². The molecule has 12 heteroatoms. The van der Waals surface area contributed by atoms with Crippen LogP contribution >= 0.6 is 11.3 Å². The largest absolute Gasteiger partial charge is 0.453 e. The summed E-state index contributed by atoms with van der Waals surface area (Å²) >= 11 is 1.45. The van der Waals surface area contributed by atoms with Crippen LogP contribution < -0.4 is 20.7 Å². The number of amides is 3. The molecule has 2 fully saturated rings. The van der Waals surface area contributed by atoms with Crippen LogP contribution in [-0.2, 0) is 11.3 Å². The average molecular weight is 591 g/mol. The molecule has 6 rings (SSSR count). The summed E-state index contributed by atoms with van der Waals surface area (Å²) in [5, 5.41) is 17.2. The third-order valence-electron chi connectivity index (χ3n) is 7.24. The first-order valence-corrected chi connectivity index (χ1v) is 14.8. The summed E-state index contributed by atoms with van der Waals surface area (Å²) in [5.41, 5.74) is 2.83. The summed E-state index contributed by atoms with van der Waals surface area (Å²) < 4.78 is 21.6. The fraction of sp³-hybridized carbons (Fsp3) is 0.333. The third-order valence-corrected chi connectivity index (χ3v) is 8.40. The predicted octanol–water partition coefficient (Wildman–Crippen LogP) is 4.65. The SMILES string of the molecule is O=C(Nc1ccc(Oc2ccnc3cc(-c4ccc(CN5CCC[C@H]5C(=O)NCCO)cn4)sc23)c(F)c1)NC1CC1. The lowest BCUT2D eigenvalue weighted by Crippen LogP contribution is -2.43. The van der Waals surface area contributed by atoms with Crippen molar-refractivity contribution in [3.05, 3.63) is 66.2 Å². The minimum absolute atomic E-state index is 0.0401.